The fourth-order valence-electron chi connectivity index (χ4n) is 3.47. The second kappa shape index (κ2) is 11.1. The average molecular weight is 529 g/mol. The molecule has 14 heteroatoms. The van der Waals surface area contributed by atoms with Crippen LogP contribution in [0.2, 0.25) is 0 Å². The lowest BCUT2D eigenvalue weighted by atomic mass is 9.98. The van der Waals surface area contributed by atoms with Gasteiger partial charge in [0, 0.05) is 12.3 Å². The summed E-state index contributed by atoms with van der Waals surface area (Å²) in [6, 6.07) is 7.86. The third-order valence-corrected chi connectivity index (χ3v) is 6.90. The van der Waals surface area contributed by atoms with Gasteiger partial charge in [-0.05, 0) is 39.8 Å². The molecule has 2 aromatic rings. The van der Waals surface area contributed by atoms with Gasteiger partial charge in [0.25, 0.3) is 5.56 Å². The van der Waals surface area contributed by atoms with E-state index in [2.05, 4.69) is 5.09 Å². The van der Waals surface area contributed by atoms with Crippen LogP contribution >= 0.6 is 7.75 Å². The number of para-hydroxylation sites is 1. The number of aliphatic hydroxyl groups excluding tert-OH is 1. The van der Waals surface area contributed by atoms with E-state index in [1.807, 2.05) is 4.98 Å². The summed E-state index contributed by atoms with van der Waals surface area (Å²) in [6.45, 7) is 5.07. The molecule has 1 saturated heterocycles. The quantitative estimate of drug-likeness (QED) is 0.305. The van der Waals surface area contributed by atoms with Crippen molar-refractivity contribution in [2.75, 3.05) is 6.61 Å². The van der Waals surface area contributed by atoms with Gasteiger partial charge in [0.2, 0.25) is 0 Å². The Bertz CT molecular complexity index is 1220. The number of halogens is 1. The monoisotopic (exact) mass is 529 g/mol. The highest BCUT2D eigenvalue weighted by molar-refractivity contribution is 7.52. The Morgan fingerprint density at radius 2 is 1.94 bits per heavy atom. The molecule has 1 aliphatic rings. The van der Waals surface area contributed by atoms with E-state index < -0.39 is 67.8 Å². The molecule has 1 aromatic carbocycles. The van der Waals surface area contributed by atoms with Crippen molar-refractivity contribution in [3.8, 4) is 5.75 Å². The summed E-state index contributed by atoms with van der Waals surface area (Å²) in [7, 11) is -4.30. The molecule has 12 nitrogen and oxygen atoms in total. The van der Waals surface area contributed by atoms with Crippen molar-refractivity contribution in [3.05, 3.63) is 63.4 Å². The van der Waals surface area contributed by atoms with Crippen LogP contribution in [-0.4, -0.2) is 57.3 Å². The van der Waals surface area contributed by atoms with Crippen LogP contribution in [0.15, 0.2) is 52.2 Å². The van der Waals surface area contributed by atoms with Gasteiger partial charge in [-0.25, -0.2) is 13.8 Å². The Morgan fingerprint density at radius 3 is 2.56 bits per heavy atom. The van der Waals surface area contributed by atoms with Crippen molar-refractivity contribution in [2.24, 2.45) is 0 Å². The van der Waals surface area contributed by atoms with Crippen molar-refractivity contribution in [1.82, 2.24) is 14.6 Å². The third kappa shape index (κ3) is 6.48. The number of aromatic amines is 1. The van der Waals surface area contributed by atoms with E-state index in [1.54, 1.807) is 32.0 Å². The van der Waals surface area contributed by atoms with Gasteiger partial charge in [-0.1, -0.05) is 18.2 Å². The van der Waals surface area contributed by atoms with Crippen LogP contribution < -0.4 is 20.9 Å². The number of rotatable bonds is 10. The van der Waals surface area contributed by atoms with Crippen LogP contribution in [0.1, 0.15) is 33.9 Å². The molecule has 0 amide bonds. The van der Waals surface area contributed by atoms with Gasteiger partial charge in [-0.15, -0.1) is 0 Å². The number of alkyl halides is 1. The number of esters is 1. The van der Waals surface area contributed by atoms with Crippen LogP contribution in [0.4, 0.5) is 4.39 Å². The van der Waals surface area contributed by atoms with E-state index >= 15 is 4.39 Å². The molecule has 1 unspecified atom stereocenters. The zero-order valence-corrected chi connectivity index (χ0v) is 21.0. The molecule has 1 aliphatic heterocycles. The van der Waals surface area contributed by atoms with Crippen LogP contribution in [0.25, 0.3) is 0 Å². The molecule has 1 aromatic heterocycles. The summed E-state index contributed by atoms with van der Waals surface area (Å²) < 4.78 is 51.4. The standard InChI is InChI=1S/C22H29FN3O9P/c1-13(2)33-19(29)14(3)25-36(31,35-15-8-6-5-7-9-15)32-12-16-18(28)22(4,23)20(34-16)26-11-10-17(27)24-21(26)30/h5-11,13-14,16,18,20,28H,12H2,1-4H3,(H,25,31)(H,24,27,30)/t14-,16-,18+,20+,22+,36?/m0/s1. The van der Waals surface area contributed by atoms with Crippen LogP contribution in [0, 0.1) is 0 Å². The number of H-pyrrole nitrogens is 1. The molecular formula is C22H29FN3O9P. The fraction of sp³-hybridized carbons (Fsp3) is 0.500. The van der Waals surface area contributed by atoms with Gasteiger partial charge in [-0.2, -0.15) is 5.09 Å². The molecule has 198 valence electrons. The maximum absolute atomic E-state index is 15.4. The van der Waals surface area contributed by atoms with E-state index in [4.69, 9.17) is 18.5 Å². The second-order valence-corrected chi connectivity index (χ2v) is 10.4. The highest BCUT2D eigenvalue weighted by Crippen LogP contribution is 2.47. The summed E-state index contributed by atoms with van der Waals surface area (Å²) in [5.41, 5.74) is -4.12. The lowest BCUT2D eigenvalue weighted by molar-refractivity contribution is -0.149. The first-order valence-electron chi connectivity index (χ1n) is 11.1. The van der Waals surface area contributed by atoms with Crippen molar-refractivity contribution in [2.45, 2.75) is 63.9 Å². The second-order valence-electron chi connectivity index (χ2n) is 8.67. The first kappa shape index (κ1) is 27.8. The van der Waals surface area contributed by atoms with Crippen molar-refractivity contribution >= 4 is 13.7 Å². The minimum atomic E-state index is -4.30. The number of benzene rings is 1. The maximum Gasteiger partial charge on any atom is 0.459 e. The Morgan fingerprint density at radius 1 is 1.28 bits per heavy atom. The Hall–Kier alpha value is -2.83. The van der Waals surface area contributed by atoms with Crippen LogP contribution in [-0.2, 0) is 23.4 Å². The minimum absolute atomic E-state index is 0.152. The van der Waals surface area contributed by atoms with Gasteiger partial charge >= 0.3 is 19.4 Å². The van der Waals surface area contributed by atoms with Crippen LogP contribution in [0.5, 0.6) is 5.75 Å². The molecule has 6 atom stereocenters. The summed E-state index contributed by atoms with van der Waals surface area (Å²) in [4.78, 5) is 37.7. The number of carbonyl (C=O) groups excluding carboxylic acids is 1. The third-order valence-electron chi connectivity index (χ3n) is 5.26. The Labute approximate surface area is 205 Å². The zero-order chi connectivity index (χ0) is 26.7. The minimum Gasteiger partial charge on any atom is -0.462 e. The molecule has 0 bridgehead atoms. The molecule has 36 heavy (non-hydrogen) atoms. The first-order chi connectivity index (χ1) is 16.8. The van der Waals surface area contributed by atoms with E-state index in [-0.39, 0.29) is 5.75 Å². The first-order valence-corrected chi connectivity index (χ1v) is 12.7. The van der Waals surface area contributed by atoms with E-state index in [0.717, 1.165) is 23.8 Å². The largest absolute Gasteiger partial charge is 0.462 e. The van der Waals surface area contributed by atoms with Crippen molar-refractivity contribution < 1.29 is 37.4 Å². The van der Waals surface area contributed by atoms with Crippen molar-refractivity contribution in [3.63, 3.8) is 0 Å². The van der Waals surface area contributed by atoms with Crippen LogP contribution in [0.3, 0.4) is 0 Å². The fourth-order valence-corrected chi connectivity index (χ4v) is 4.97. The average Bonchev–Trinajstić information content (AvgIpc) is 3.01. The molecule has 0 spiro atoms. The van der Waals surface area contributed by atoms with Gasteiger partial charge in [0.1, 0.15) is 24.0 Å². The number of aromatic nitrogens is 2. The molecule has 3 N–H and O–H groups in total. The molecular weight excluding hydrogens is 500 g/mol. The molecule has 2 heterocycles. The zero-order valence-electron chi connectivity index (χ0n) is 20.1. The van der Waals surface area contributed by atoms with Gasteiger partial charge in [-0.3, -0.25) is 23.7 Å². The molecule has 3 rings (SSSR count). The maximum atomic E-state index is 15.4. The summed E-state index contributed by atoms with van der Waals surface area (Å²) in [6.07, 6.45) is -4.21. The summed E-state index contributed by atoms with van der Waals surface area (Å²) in [5, 5.41) is 13.0. The molecule has 0 radical (unpaired) electrons. The highest BCUT2D eigenvalue weighted by Gasteiger charge is 2.55. The number of hydrogen-bond acceptors (Lipinski definition) is 9. The highest BCUT2D eigenvalue weighted by atomic mass is 31.2. The number of nitrogens with one attached hydrogen (secondary N) is 2. The Balaban J connectivity index is 1.80. The summed E-state index contributed by atoms with van der Waals surface area (Å²) >= 11 is 0. The predicted molar refractivity (Wildman–Crippen MR) is 125 cm³/mol. The van der Waals surface area contributed by atoms with Gasteiger partial charge in [0.15, 0.2) is 11.9 Å². The molecule has 1 fully saturated rings. The van der Waals surface area contributed by atoms with E-state index in [0.29, 0.717) is 0 Å². The Kier molecular flexibility index (Phi) is 8.52. The predicted octanol–water partition coefficient (Wildman–Crippen LogP) is 1.66. The lowest BCUT2D eigenvalue weighted by Crippen LogP contribution is -2.43. The van der Waals surface area contributed by atoms with Gasteiger partial charge in [0.05, 0.1) is 12.7 Å². The normalized spacial score (nSPS) is 26.4. The van der Waals surface area contributed by atoms with E-state index in [9.17, 15) is 24.1 Å². The number of hydrogen-bond donors (Lipinski definition) is 3. The number of ether oxygens (including phenoxy) is 2. The molecule has 0 saturated carbocycles. The number of aliphatic hydroxyl groups is 1. The number of nitrogens with zero attached hydrogens (tertiary/aromatic N) is 1. The molecule has 0 aliphatic carbocycles. The summed E-state index contributed by atoms with van der Waals surface area (Å²) in [5.74, 6) is -0.560. The number of carbonyl (C=O) groups is 1. The SMILES string of the molecule is CC(C)OC(=O)[C@H](C)NP(=O)(OC[C@@H]1O[C@@H](n2ccc(=O)[nH]c2=O)[C@](C)(F)[C@@H]1O)Oc1ccccc1. The van der Waals surface area contributed by atoms with E-state index in [1.165, 1.54) is 19.1 Å². The lowest BCUT2D eigenvalue weighted by Gasteiger charge is -2.25. The smallest absolute Gasteiger partial charge is 0.459 e. The topological polar surface area (TPSA) is 158 Å². The van der Waals surface area contributed by atoms with Crippen molar-refractivity contribution in [1.29, 1.82) is 0 Å². The van der Waals surface area contributed by atoms with Gasteiger partial charge < -0.3 is 19.1 Å².